The summed E-state index contributed by atoms with van der Waals surface area (Å²) in [7, 11) is 0. The van der Waals surface area contributed by atoms with Gasteiger partial charge in [0.05, 0.1) is 4.92 Å². The van der Waals surface area contributed by atoms with E-state index in [0.29, 0.717) is 12.3 Å². The van der Waals surface area contributed by atoms with Crippen molar-refractivity contribution >= 4 is 17.3 Å². The van der Waals surface area contributed by atoms with Gasteiger partial charge in [-0.2, -0.15) is 0 Å². The summed E-state index contributed by atoms with van der Waals surface area (Å²) in [5.74, 6) is 0.478. The van der Waals surface area contributed by atoms with E-state index < -0.39 is 0 Å². The number of alkyl halides is 1. The summed E-state index contributed by atoms with van der Waals surface area (Å²) in [6.45, 7) is 0. The van der Waals surface area contributed by atoms with Crippen LogP contribution in [0.25, 0.3) is 0 Å². The highest BCUT2D eigenvalue weighted by molar-refractivity contribution is 6.17. The largest absolute Gasteiger partial charge is 0.272 e. The highest BCUT2D eigenvalue weighted by Gasteiger charge is 2.12. The smallest absolute Gasteiger partial charge is 0.258 e. The van der Waals surface area contributed by atoms with E-state index in [1.165, 1.54) is 6.07 Å². The van der Waals surface area contributed by atoms with Crippen molar-refractivity contribution in [3.63, 3.8) is 0 Å². The maximum absolute atomic E-state index is 10.9. The van der Waals surface area contributed by atoms with Gasteiger partial charge in [0.25, 0.3) is 5.69 Å². The Bertz CT molecular complexity index is 552. The SMILES string of the molecule is O=[N+]([O-])c1ccccc1Cc1ccc(CCl)cc1. The monoisotopic (exact) mass is 261 g/mol. The number of rotatable bonds is 4. The Morgan fingerprint density at radius 2 is 1.61 bits per heavy atom. The number of nitro benzene ring substituents is 1. The van der Waals surface area contributed by atoms with Crippen LogP contribution in [0.3, 0.4) is 0 Å². The summed E-state index contributed by atoms with van der Waals surface area (Å²) in [6.07, 6.45) is 0.555. The van der Waals surface area contributed by atoms with E-state index in [1.807, 2.05) is 30.3 Å². The second kappa shape index (κ2) is 5.65. The topological polar surface area (TPSA) is 43.1 Å². The minimum atomic E-state index is -0.345. The van der Waals surface area contributed by atoms with E-state index in [1.54, 1.807) is 12.1 Å². The molecule has 2 aromatic rings. The second-order valence-electron chi connectivity index (χ2n) is 4.01. The predicted molar refractivity (Wildman–Crippen MR) is 71.9 cm³/mol. The van der Waals surface area contributed by atoms with Gasteiger partial charge in [0, 0.05) is 23.9 Å². The number of benzene rings is 2. The van der Waals surface area contributed by atoms with Crippen molar-refractivity contribution < 1.29 is 4.92 Å². The molecule has 0 bridgehead atoms. The van der Waals surface area contributed by atoms with Crippen LogP contribution < -0.4 is 0 Å². The zero-order chi connectivity index (χ0) is 13.0. The summed E-state index contributed by atoms with van der Waals surface area (Å²) in [4.78, 5) is 10.6. The first-order chi connectivity index (χ1) is 8.70. The lowest BCUT2D eigenvalue weighted by Gasteiger charge is -2.04. The average molecular weight is 262 g/mol. The van der Waals surface area contributed by atoms with Gasteiger partial charge in [-0.05, 0) is 11.1 Å². The van der Waals surface area contributed by atoms with Crippen molar-refractivity contribution in [2.24, 2.45) is 0 Å². The van der Waals surface area contributed by atoms with Crippen LogP contribution in [-0.4, -0.2) is 4.92 Å². The molecule has 0 aliphatic rings. The molecule has 92 valence electrons. The molecule has 2 aromatic carbocycles. The summed E-state index contributed by atoms with van der Waals surface area (Å²) in [5.41, 5.74) is 2.97. The Morgan fingerprint density at radius 3 is 2.22 bits per heavy atom. The highest BCUT2D eigenvalue weighted by Crippen LogP contribution is 2.21. The molecule has 0 fully saturated rings. The number of hydrogen-bond donors (Lipinski definition) is 0. The van der Waals surface area contributed by atoms with Crippen LogP contribution in [0.1, 0.15) is 16.7 Å². The summed E-state index contributed by atoms with van der Waals surface area (Å²) in [5, 5.41) is 10.9. The van der Waals surface area contributed by atoms with Crippen molar-refractivity contribution in [3.8, 4) is 0 Å². The Balaban J connectivity index is 2.25. The molecule has 0 aromatic heterocycles. The molecule has 0 spiro atoms. The molecule has 0 heterocycles. The van der Waals surface area contributed by atoms with Crippen molar-refractivity contribution in [2.75, 3.05) is 0 Å². The molecule has 0 aliphatic carbocycles. The lowest BCUT2D eigenvalue weighted by Crippen LogP contribution is -1.96. The van der Waals surface area contributed by atoms with Crippen LogP contribution in [0.15, 0.2) is 48.5 Å². The number of nitro groups is 1. The predicted octanol–water partition coefficient (Wildman–Crippen LogP) is 3.92. The first kappa shape index (κ1) is 12.6. The summed E-state index contributed by atoms with van der Waals surface area (Å²) < 4.78 is 0. The van der Waals surface area contributed by atoms with Gasteiger partial charge in [-0.3, -0.25) is 10.1 Å². The molecule has 0 amide bonds. The molecule has 2 rings (SSSR count). The van der Waals surface area contributed by atoms with Crippen LogP contribution >= 0.6 is 11.6 Å². The van der Waals surface area contributed by atoms with Crippen LogP contribution in [0.5, 0.6) is 0 Å². The van der Waals surface area contributed by atoms with Crippen LogP contribution in [0.2, 0.25) is 0 Å². The zero-order valence-corrected chi connectivity index (χ0v) is 10.4. The standard InChI is InChI=1S/C14H12ClNO2/c15-10-12-7-5-11(6-8-12)9-13-3-1-2-4-14(13)16(17)18/h1-8H,9-10H2. The maximum Gasteiger partial charge on any atom is 0.272 e. The van der Waals surface area contributed by atoms with E-state index in [4.69, 9.17) is 11.6 Å². The average Bonchev–Trinajstić information content (AvgIpc) is 2.40. The molecule has 0 radical (unpaired) electrons. The van der Waals surface area contributed by atoms with Crippen molar-refractivity contribution in [1.29, 1.82) is 0 Å². The van der Waals surface area contributed by atoms with Gasteiger partial charge in [-0.15, -0.1) is 11.6 Å². The first-order valence-corrected chi connectivity index (χ1v) is 6.10. The maximum atomic E-state index is 10.9. The first-order valence-electron chi connectivity index (χ1n) is 5.57. The van der Waals surface area contributed by atoms with Crippen LogP contribution in [0, 0.1) is 10.1 Å². The van der Waals surface area contributed by atoms with Gasteiger partial charge >= 0.3 is 0 Å². The van der Waals surface area contributed by atoms with Gasteiger partial charge in [0.15, 0.2) is 0 Å². The van der Waals surface area contributed by atoms with Crippen molar-refractivity contribution in [3.05, 3.63) is 75.3 Å². The quantitative estimate of drug-likeness (QED) is 0.475. The number of nitrogens with zero attached hydrogens (tertiary/aromatic N) is 1. The fourth-order valence-electron chi connectivity index (χ4n) is 1.80. The number of halogens is 1. The fourth-order valence-corrected chi connectivity index (χ4v) is 1.98. The Kier molecular flexibility index (Phi) is 3.95. The number of hydrogen-bond acceptors (Lipinski definition) is 2. The molecule has 4 heteroatoms. The molecular weight excluding hydrogens is 250 g/mol. The van der Waals surface area contributed by atoms with E-state index >= 15 is 0 Å². The molecule has 0 saturated carbocycles. The molecule has 18 heavy (non-hydrogen) atoms. The van der Waals surface area contributed by atoms with Gasteiger partial charge in [-0.25, -0.2) is 0 Å². The molecule has 0 unspecified atom stereocenters. The lowest BCUT2D eigenvalue weighted by molar-refractivity contribution is -0.385. The van der Waals surface area contributed by atoms with Crippen LogP contribution in [0.4, 0.5) is 5.69 Å². The van der Waals surface area contributed by atoms with Gasteiger partial charge in [0.2, 0.25) is 0 Å². The molecule has 0 aliphatic heterocycles. The highest BCUT2D eigenvalue weighted by atomic mass is 35.5. The van der Waals surface area contributed by atoms with Crippen molar-refractivity contribution in [2.45, 2.75) is 12.3 Å². The van der Waals surface area contributed by atoms with E-state index in [-0.39, 0.29) is 10.6 Å². The fraction of sp³-hybridized carbons (Fsp3) is 0.143. The third-order valence-electron chi connectivity index (χ3n) is 2.76. The van der Waals surface area contributed by atoms with Gasteiger partial charge in [0.1, 0.15) is 0 Å². The normalized spacial score (nSPS) is 10.3. The lowest BCUT2D eigenvalue weighted by atomic mass is 10.0. The molecule has 0 N–H and O–H groups in total. The molecule has 0 saturated heterocycles. The molecule has 3 nitrogen and oxygen atoms in total. The van der Waals surface area contributed by atoms with Gasteiger partial charge in [-0.1, -0.05) is 42.5 Å². The Labute approximate surface area is 110 Å². The number of para-hydroxylation sites is 1. The van der Waals surface area contributed by atoms with E-state index in [2.05, 4.69) is 0 Å². The minimum Gasteiger partial charge on any atom is -0.258 e. The summed E-state index contributed by atoms with van der Waals surface area (Å²) >= 11 is 5.72. The molecule has 0 atom stereocenters. The third kappa shape index (κ3) is 2.87. The van der Waals surface area contributed by atoms with Gasteiger partial charge < -0.3 is 0 Å². The Hall–Kier alpha value is -1.87. The Morgan fingerprint density at radius 1 is 1.00 bits per heavy atom. The second-order valence-corrected chi connectivity index (χ2v) is 4.28. The minimum absolute atomic E-state index is 0.166. The van der Waals surface area contributed by atoms with E-state index in [9.17, 15) is 10.1 Å². The molecular formula is C14H12ClNO2. The third-order valence-corrected chi connectivity index (χ3v) is 3.07. The summed E-state index contributed by atoms with van der Waals surface area (Å²) in [6, 6.07) is 14.6. The van der Waals surface area contributed by atoms with Crippen LogP contribution in [-0.2, 0) is 12.3 Å². The van der Waals surface area contributed by atoms with Crippen molar-refractivity contribution in [1.82, 2.24) is 0 Å². The zero-order valence-electron chi connectivity index (χ0n) is 9.67. The van der Waals surface area contributed by atoms with E-state index in [0.717, 1.165) is 16.7 Å².